The number of aromatic nitrogens is 1. The number of carbonyl (C=O) groups excluding carboxylic acids is 1. The van der Waals surface area contributed by atoms with Crippen molar-refractivity contribution in [3.05, 3.63) is 83.2 Å². The van der Waals surface area contributed by atoms with E-state index < -0.39 is 17.6 Å². The van der Waals surface area contributed by atoms with Crippen LogP contribution in [0.15, 0.2) is 65.8 Å². The fourth-order valence-electron chi connectivity index (χ4n) is 3.09. The second-order valence-electron chi connectivity index (χ2n) is 6.72. The Morgan fingerprint density at radius 3 is 2.50 bits per heavy atom. The third-order valence-electron chi connectivity index (χ3n) is 4.52. The first-order valence-corrected chi connectivity index (χ1v) is 9.23. The van der Waals surface area contributed by atoms with Gasteiger partial charge >= 0.3 is 6.18 Å². The Morgan fingerprint density at radius 2 is 1.80 bits per heavy atom. The van der Waals surface area contributed by atoms with E-state index in [-0.39, 0.29) is 12.2 Å². The van der Waals surface area contributed by atoms with Gasteiger partial charge in [0.1, 0.15) is 0 Å². The largest absolute Gasteiger partial charge is 0.416 e. The normalized spacial score (nSPS) is 11.6. The van der Waals surface area contributed by atoms with Crippen LogP contribution in [0.5, 0.6) is 0 Å². The van der Waals surface area contributed by atoms with Crippen LogP contribution in [0.4, 0.5) is 18.9 Å². The lowest BCUT2D eigenvalue weighted by atomic mass is 10.2. The van der Waals surface area contributed by atoms with Crippen molar-refractivity contribution in [2.75, 3.05) is 11.9 Å². The highest BCUT2D eigenvalue weighted by Gasteiger charge is 2.30. The maximum absolute atomic E-state index is 12.7. The molecule has 0 fully saturated rings. The van der Waals surface area contributed by atoms with Crippen LogP contribution >= 0.6 is 0 Å². The molecule has 0 saturated carbocycles. The number of hydrogen-bond donors (Lipinski definition) is 2. The van der Waals surface area contributed by atoms with E-state index in [1.54, 1.807) is 6.21 Å². The molecule has 0 spiro atoms. The molecule has 0 unspecified atom stereocenters. The van der Waals surface area contributed by atoms with Gasteiger partial charge in [-0.25, -0.2) is 5.43 Å². The van der Waals surface area contributed by atoms with Crippen molar-refractivity contribution in [2.45, 2.75) is 20.0 Å². The van der Waals surface area contributed by atoms with Gasteiger partial charge < -0.3 is 9.88 Å². The number of anilines is 1. The molecule has 3 rings (SSSR count). The zero-order valence-electron chi connectivity index (χ0n) is 16.5. The van der Waals surface area contributed by atoms with E-state index in [9.17, 15) is 18.0 Å². The van der Waals surface area contributed by atoms with Gasteiger partial charge in [-0.3, -0.25) is 4.79 Å². The average Bonchev–Trinajstić information content (AvgIpc) is 3.00. The Hall–Kier alpha value is -3.55. The number of alkyl halides is 3. The minimum Gasteiger partial charge on any atom is -0.376 e. The number of benzene rings is 2. The molecule has 0 aliphatic heterocycles. The van der Waals surface area contributed by atoms with Crippen molar-refractivity contribution in [1.29, 1.82) is 0 Å². The second-order valence-corrected chi connectivity index (χ2v) is 6.72. The highest BCUT2D eigenvalue weighted by atomic mass is 19.4. The van der Waals surface area contributed by atoms with Crippen LogP contribution in [-0.2, 0) is 11.0 Å². The Bertz CT molecular complexity index is 1060. The summed E-state index contributed by atoms with van der Waals surface area (Å²) >= 11 is 0. The number of rotatable bonds is 6. The summed E-state index contributed by atoms with van der Waals surface area (Å²) in [6.45, 7) is 3.73. The molecule has 5 nitrogen and oxygen atoms in total. The molecule has 30 heavy (non-hydrogen) atoms. The van der Waals surface area contributed by atoms with Crippen LogP contribution in [0.2, 0.25) is 0 Å². The van der Waals surface area contributed by atoms with Gasteiger partial charge in [-0.15, -0.1) is 0 Å². The van der Waals surface area contributed by atoms with E-state index in [2.05, 4.69) is 20.4 Å². The lowest BCUT2D eigenvalue weighted by Crippen LogP contribution is -2.26. The molecule has 0 saturated heterocycles. The molecule has 1 amide bonds. The molecular weight excluding hydrogens is 393 g/mol. The average molecular weight is 414 g/mol. The number of nitrogens with zero attached hydrogens (tertiary/aromatic N) is 2. The number of halogens is 3. The van der Waals surface area contributed by atoms with Gasteiger partial charge in [0.2, 0.25) is 0 Å². The third-order valence-corrected chi connectivity index (χ3v) is 4.52. The molecule has 0 aliphatic rings. The number of aryl methyl sites for hydroxylation is 1. The Morgan fingerprint density at radius 1 is 1.07 bits per heavy atom. The van der Waals surface area contributed by atoms with Gasteiger partial charge in [0.25, 0.3) is 5.91 Å². The van der Waals surface area contributed by atoms with E-state index >= 15 is 0 Å². The number of carbonyl (C=O) groups is 1. The molecule has 0 atom stereocenters. The van der Waals surface area contributed by atoms with Crippen molar-refractivity contribution in [1.82, 2.24) is 9.99 Å². The maximum atomic E-state index is 12.7. The number of para-hydroxylation sites is 1. The molecule has 1 aromatic heterocycles. The minimum atomic E-state index is -4.43. The summed E-state index contributed by atoms with van der Waals surface area (Å²) in [5, 5.41) is 6.62. The molecule has 2 aromatic carbocycles. The predicted molar refractivity (Wildman–Crippen MR) is 111 cm³/mol. The van der Waals surface area contributed by atoms with E-state index in [4.69, 9.17) is 0 Å². The lowest BCUT2D eigenvalue weighted by molar-refractivity contribution is -0.137. The number of hydrogen-bond acceptors (Lipinski definition) is 3. The molecule has 1 heterocycles. The van der Waals surface area contributed by atoms with Gasteiger partial charge in [-0.2, -0.15) is 18.3 Å². The van der Waals surface area contributed by atoms with Crippen LogP contribution in [0.1, 0.15) is 22.5 Å². The molecule has 156 valence electrons. The van der Waals surface area contributed by atoms with Gasteiger partial charge in [0.15, 0.2) is 0 Å². The summed E-state index contributed by atoms with van der Waals surface area (Å²) in [6.07, 6.45) is -2.89. The van der Waals surface area contributed by atoms with E-state index in [1.807, 2.05) is 50.2 Å². The molecule has 0 bridgehead atoms. The molecule has 0 aliphatic carbocycles. The summed E-state index contributed by atoms with van der Waals surface area (Å²) in [5.41, 5.74) is 5.68. The van der Waals surface area contributed by atoms with E-state index in [1.165, 1.54) is 12.1 Å². The molecule has 3 aromatic rings. The van der Waals surface area contributed by atoms with Crippen molar-refractivity contribution in [3.8, 4) is 5.69 Å². The topological polar surface area (TPSA) is 58.4 Å². The fourth-order valence-corrected chi connectivity index (χ4v) is 3.09. The second kappa shape index (κ2) is 8.86. The molecule has 0 radical (unpaired) electrons. The van der Waals surface area contributed by atoms with Crippen LogP contribution in [0.3, 0.4) is 0 Å². The van der Waals surface area contributed by atoms with Gasteiger partial charge in [0.05, 0.1) is 18.3 Å². The zero-order valence-corrected chi connectivity index (χ0v) is 16.5. The van der Waals surface area contributed by atoms with E-state index in [0.29, 0.717) is 0 Å². The molecular formula is C22H21F3N4O. The lowest BCUT2D eigenvalue weighted by Gasteiger charge is -2.10. The van der Waals surface area contributed by atoms with Gasteiger partial charge in [-0.1, -0.05) is 24.3 Å². The quantitative estimate of drug-likeness (QED) is 0.455. The molecule has 8 heteroatoms. The van der Waals surface area contributed by atoms with Gasteiger partial charge in [0, 0.05) is 28.3 Å². The number of nitrogens with one attached hydrogen (secondary N) is 2. The first kappa shape index (κ1) is 21.2. The van der Waals surface area contributed by atoms with Crippen LogP contribution in [0, 0.1) is 13.8 Å². The summed E-state index contributed by atoms with van der Waals surface area (Å²) in [6, 6.07) is 16.5. The van der Waals surface area contributed by atoms with Crippen LogP contribution < -0.4 is 10.7 Å². The standard InChI is InChI=1S/C22H21F3N4O/c1-15-11-17(16(2)29(15)20-9-4-3-5-10-20)13-27-28-21(30)14-26-19-8-6-7-18(12-19)22(23,24)25/h3-13,26H,14H2,1-2H3,(H,28,30)/b27-13-. The van der Waals surface area contributed by atoms with Crippen molar-refractivity contribution in [3.63, 3.8) is 0 Å². The van der Waals surface area contributed by atoms with Crippen molar-refractivity contribution < 1.29 is 18.0 Å². The summed E-state index contributed by atoms with van der Waals surface area (Å²) in [7, 11) is 0. The number of hydrazone groups is 1. The molecule has 2 N–H and O–H groups in total. The van der Waals surface area contributed by atoms with E-state index in [0.717, 1.165) is 34.8 Å². The van der Waals surface area contributed by atoms with Crippen LogP contribution in [0.25, 0.3) is 5.69 Å². The Balaban J connectivity index is 1.59. The highest BCUT2D eigenvalue weighted by Crippen LogP contribution is 2.30. The maximum Gasteiger partial charge on any atom is 0.416 e. The third kappa shape index (κ3) is 5.08. The van der Waals surface area contributed by atoms with Crippen LogP contribution in [-0.4, -0.2) is 23.2 Å². The fraction of sp³-hybridized carbons (Fsp3) is 0.182. The SMILES string of the molecule is Cc1cc(/C=N\NC(=O)CNc2cccc(C(F)(F)F)c2)c(C)n1-c1ccccc1. The summed E-state index contributed by atoms with van der Waals surface area (Å²) < 4.78 is 40.3. The summed E-state index contributed by atoms with van der Waals surface area (Å²) in [5.74, 6) is -0.472. The highest BCUT2D eigenvalue weighted by molar-refractivity contribution is 5.85. The number of amides is 1. The van der Waals surface area contributed by atoms with Crippen molar-refractivity contribution in [2.24, 2.45) is 5.10 Å². The Labute approximate surface area is 172 Å². The monoisotopic (exact) mass is 414 g/mol. The Kier molecular flexibility index (Phi) is 6.25. The van der Waals surface area contributed by atoms with Crippen molar-refractivity contribution >= 4 is 17.8 Å². The van der Waals surface area contributed by atoms with Gasteiger partial charge in [-0.05, 0) is 50.2 Å². The summed E-state index contributed by atoms with van der Waals surface area (Å²) in [4.78, 5) is 12.0. The first-order valence-electron chi connectivity index (χ1n) is 9.23. The minimum absolute atomic E-state index is 0.204. The zero-order chi connectivity index (χ0) is 21.7. The predicted octanol–water partition coefficient (Wildman–Crippen LogP) is 4.68. The smallest absolute Gasteiger partial charge is 0.376 e. The first-order chi connectivity index (χ1) is 14.3.